The highest BCUT2D eigenvalue weighted by Crippen LogP contribution is 2.20. The maximum Gasteiger partial charge on any atom is 0.309 e. The van der Waals surface area contributed by atoms with Crippen molar-refractivity contribution in [2.75, 3.05) is 5.32 Å². The molecule has 0 aliphatic carbocycles. The third kappa shape index (κ3) is 3.58. The first-order valence-corrected chi connectivity index (χ1v) is 6.08. The lowest BCUT2D eigenvalue weighted by molar-refractivity contribution is -0.136. The molecule has 2 N–H and O–H groups in total. The van der Waals surface area contributed by atoms with Crippen LogP contribution >= 0.6 is 0 Å². The van der Waals surface area contributed by atoms with Gasteiger partial charge >= 0.3 is 5.97 Å². The zero-order valence-electron chi connectivity index (χ0n) is 10.9. The molecule has 0 aliphatic rings. The van der Waals surface area contributed by atoms with E-state index in [0.717, 1.165) is 5.69 Å². The molecular formula is C14H16N2O3. The quantitative estimate of drug-likeness (QED) is 0.863. The minimum Gasteiger partial charge on any atom is -0.481 e. The van der Waals surface area contributed by atoms with Crippen LogP contribution < -0.4 is 5.32 Å². The first-order valence-electron chi connectivity index (χ1n) is 6.08. The van der Waals surface area contributed by atoms with E-state index in [4.69, 9.17) is 9.52 Å². The van der Waals surface area contributed by atoms with Gasteiger partial charge in [-0.25, -0.2) is 0 Å². The maximum atomic E-state index is 10.5. The Hall–Kier alpha value is -2.30. The number of benzene rings is 1. The maximum absolute atomic E-state index is 10.5. The first-order chi connectivity index (χ1) is 9.04. The number of carboxylic acid groups (broad SMARTS) is 1. The topological polar surface area (TPSA) is 75.4 Å². The van der Waals surface area contributed by atoms with Gasteiger partial charge in [-0.05, 0) is 23.6 Å². The van der Waals surface area contributed by atoms with Crippen LogP contribution in [0, 0.1) is 0 Å². The molecule has 5 nitrogen and oxygen atoms in total. The number of anilines is 2. The molecule has 1 aromatic heterocycles. The summed E-state index contributed by atoms with van der Waals surface area (Å²) in [5, 5.41) is 11.6. The second-order valence-electron chi connectivity index (χ2n) is 4.62. The molecule has 5 heteroatoms. The Balaban J connectivity index is 2.04. The van der Waals surface area contributed by atoms with Crippen LogP contribution in [-0.2, 0) is 11.2 Å². The molecule has 0 bridgehead atoms. The fourth-order valence-electron chi connectivity index (χ4n) is 1.68. The molecule has 0 atom stereocenters. The van der Waals surface area contributed by atoms with Gasteiger partial charge in [0.15, 0.2) is 0 Å². The Morgan fingerprint density at radius 1 is 1.37 bits per heavy atom. The lowest BCUT2D eigenvalue weighted by atomic mass is 10.0. The van der Waals surface area contributed by atoms with Gasteiger partial charge in [-0.3, -0.25) is 4.79 Å². The summed E-state index contributed by atoms with van der Waals surface area (Å²) in [5.41, 5.74) is 2.51. The van der Waals surface area contributed by atoms with Gasteiger partial charge < -0.3 is 14.8 Å². The monoisotopic (exact) mass is 260 g/mol. The molecule has 2 aromatic rings. The predicted molar refractivity (Wildman–Crippen MR) is 71.7 cm³/mol. The Morgan fingerprint density at radius 2 is 2.05 bits per heavy atom. The Kier molecular flexibility index (Phi) is 3.85. The van der Waals surface area contributed by atoms with Crippen molar-refractivity contribution in [2.24, 2.45) is 0 Å². The molecule has 0 saturated carbocycles. The number of nitrogens with zero attached hydrogens (tertiary/aromatic N) is 1. The summed E-state index contributed by atoms with van der Waals surface area (Å²) >= 11 is 0. The smallest absolute Gasteiger partial charge is 0.309 e. The van der Waals surface area contributed by atoms with Crippen molar-refractivity contribution in [3.05, 3.63) is 41.8 Å². The summed E-state index contributed by atoms with van der Waals surface area (Å²) in [6, 6.07) is 8.25. The summed E-state index contributed by atoms with van der Waals surface area (Å²) in [4.78, 5) is 14.6. The zero-order valence-corrected chi connectivity index (χ0v) is 10.9. The molecule has 0 saturated heterocycles. The van der Waals surface area contributed by atoms with Crippen molar-refractivity contribution in [3.63, 3.8) is 0 Å². The molecule has 1 heterocycles. The SMILES string of the molecule is CC(C)c1ccc(Nc2nc(CC(=O)O)co2)cc1. The van der Waals surface area contributed by atoms with E-state index in [-0.39, 0.29) is 6.42 Å². The summed E-state index contributed by atoms with van der Waals surface area (Å²) in [6.07, 6.45) is 1.20. The number of carbonyl (C=O) groups is 1. The molecule has 0 amide bonds. The van der Waals surface area contributed by atoms with Crippen LogP contribution in [0.25, 0.3) is 0 Å². The normalized spacial score (nSPS) is 10.7. The van der Waals surface area contributed by atoms with Gasteiger partial charge in [0.1, 0.15) is 6.26 Å². The Morgan fingerprint density at radius 3 is 2.63 bits per heavy atom. The van der Waals surface area contributed by atoms with Gasteiger partial charge in [-0.2, -0.15) is 4.98 Å². The number of aliphatic carboxylic acids is 1. The number of oxazole rings is 1. The summed E-state index contributed by atoms with van der Waals surface area (Å²) in [6.45, 7) is 4.27. The highest BCUT2D eigenvalue weighted by Gasteiger charge is 2.08. The van der Waals surface area contributed by atoms with Crippen LogP contribution in [0.4, 0.5) is 11.7 Å². The molecule has 0 aliphatic heterocycles. The summed E-state index contributed by atoms with van der Waals surface area (Å²) in [5.74, 6) is -0.445. The van der Waals surface area contributed by atoms with Gasteiger partial charge in [-0.15, -0.1) is 0 Å². The first kappa shape index (κ1) is 13.1. The molecule has 0 spiro atoms. The molecule has 0 radical (unpaired) electrons. The molecule has 19 heavy (non-hydrogen) atoms. The average molecular weight is 260 g/mol. The summed E-state index contributed by atoms with van der Waals surface area (Å²) in [7, 11) is 0. The highest BCUT2D eigenvalue weighted by molar-refractivity contribution is 5.69. The van der Waals surface area contributed by atoms with Crippen LogP contribution in [0.5, 0.6) is 0 Å². The second-order valence-corrected chi connectivity index (χ2v) is 4.62. The van der Waals surface area contributed by atoms with Gasteiger partial charge in [0, 0.05) is 5.69 Å². The molecule has 0 unspecified atom stereocenters. The second kappa shape index (κ2) is 5.56. The van der Waals surface area contributed by atoms with Gasteiger partial charge in [0.2, 0.25) is 0 Å². The van der Waals surface area contributed by atoms with Crippen molar-refractivity contribution in [1.82, 2.24) is 4.98 Å². The van der Waals surface area contributed by atoms with Crippen LogP contribution in [0.3, 0.4) is 0 Å². The van der Waals surface area contributed by atoms with Crippen molar-refractivity contribution in [1.29, 1.82) is 0 Å². The van der Waals surface area contributed by atoms with E-state index in [9.17, 15) is 4.79 Å². The zero-order chi connectivity index (χ0) is 13.8. The predicted octanol–water partition coefficient (Wildman–Crippen LogP) is 3.17. The van der Waals surface area contributed by atoms with Crippen LogP contribution in [-0.4, -0.2) is 16.1 Å². The van der Waals surface area contributed by atoms with Crippen molar-refractivity contribution >= 4 is 17.7 Å². The minimum atomic E-state index is -0.930. The molecule has 2 rings (SSSR count). The average Bonchev–Trinajstić information content (AvgIpc) is 2.76. The standard InChI is InChI=1S/C14H16N2O3/c1-9(2)10-3-5-11(6-4-10)15-14-16-12(8-19-14)7-13(17)18/h3-6,8-9H,7H2,1-2H3,(H,15,16)(H,17,18). The van der Waals surface area contributed by atoms with Crippen LogP contribution in [0.15, 0.2) is 34.9 Å². The van der Waals surface area contributed by atoms with Crippen molar-refractivity contribution in [3.8, 4) is 0 Å². The molecular weight excluding hydrogens is 244 g/mol. The van der Waals surface area contributed by atoms with E-state index >= 15 is 0 Å². The molecule has 0 fully saturated rings. The van der Waals surface area contributed by atoms with E-state index < -0.39 is 5.97 Å². The van der Waals surface area contributed by atoms with E-state index in [1.165, 1.54) is 11.8 Å². The molecule has 1 aromatic carbocycles. The number of hydrogen-bond acceptors (Lipinski definition) is 4. The van der Waals surface area contributed by atoms with E-state index in [2.05, 4.69) is 24.1 Å². The lowest BCUT2D eigenvalue weighted by Gasteiger charge is -2.06. The van der Waals surface area contributed by atoms with E-state index in [1.54, 1.807) is 0 Å². The minimum absolute atomic E-state index is 0.141. The summed E-state index contributed by atoms with van der Waals surface area (Å²) < 4.78 is 5.16. The van der Waals surface area contributed by atoms with E-state index in [0.29, 0.717) is 17.6 Å². The van der Waals surface area contributed by atoms with Gasteiger partial charge in [0.05, 0.1) is 12.1 Å². The van der Waals surface area contributed by atoms with Gasteiger partial charge in [0.25, 0.3) is 6.01 Å². The van der Waals surface area contributed by atoms with Gasteiger partial charge in [-0.1, -0.05) is 26.0 Å². The largest absolute Gasteiger partial charge is 0.481 e. The van der Waals surface area contributed by atoms with Crippen molar-refractivity contribution in [2.45, 2.75) is 26.2 Å². The van der Waals surface area contributed by atoms with Crippen LogP contribution in [0.2, 0.25) is 0 Å². The Labute approximate surface area is 111 Å². The number of aromatic nitrogens is 1. The third-order valence-corrected chi connectivity index (χ3v) is 2.71. The fourth-order valence-corrected chi connectivity index (χ4v) is 1.68. The number of carboxylic acids is 1. The number of rotatable bonds is 5. The van der Waals surface area contributed by atoms with Crippen molar-refractivity contribution < 1.29 is 14.3 Å². The third-order valence-electron chi connectivity index (χ3n) is 2.71. The lowest BCUT2D eigenvalue weighted by Crippen LogP contribution is -2.00. The highest BCUT2D eigenvalue weighted by atomic mass is 16.4. The fraction of sp³-hybridized carbons (Fsp3) is 0.286. The number of hydrogen-bond donors (Lipinski definition) is 2. The number of nitrogens with one attached hydrogen (secondary N) is 1. The molecule has 100 valence electrons. The van der Waals surface area contributed by atoms with Crippen LogP contribution in [0.1, 0.15) is 31.0 Å². The van der Waals surface area contributed by atoms with E-state index in [1.807, 2.05) is 24.3 Å². The Bertz CT molecular complexity index is 558.